The maximum Gasteiger partial charge on any atom is 0.174 e. The first-order chi connectivity index (χ1) is 7.74. The van der Waals surface area contributed by atoms with Gasteiger partial charge in [0.2, 0.25) is 0 Å². The van der Waals surface area contributed by atoms with Gasteiger partial charge in [-0.3, -0.25) is 14.7 Å². The van der Waals surface area contributed by atoms with Gasteiger partial charge in [0.1, 0.15) is 6.54 Å². The highest BCUT2D eigenvalue weighted by Gasteiger charge is 2.09. The third-order valence-corrected chi connectivity index (χ3v) is 2.55. The minimum atomic E-state index is 0.0904. The van der Waals surface area contributed by atoms with Gasteiger partial charge in [-0.1, -0.05) is 15.9 Å². The summed E-state index contributed by atoms with van der Waals surface area (Å²) in [6.07, 6.45) is 1.60. The molecule has 0 amide bonds. The van der Waals surface area contributed by atoms with E-state index in [0.717, 1.165) is 10.0 Å². The molecule has 80 valence electrons. The predicted octanol–water partition coefficient (Wildman–Crippen LogP) is 1.67. The lowest BCUT2D eigenvalue weighted by Crippen LogP contribution is -2.30. The van der Waals surface area contributed by atoms with Crippen LogP contribution in [0.25, 0.3) is 0 Å². The molecule has 0 N–H and O–H groups in total. The minimum absolute atomic E-state index is 0.0904. The summed E-state index contributed by atoms with van der Waals surface area (Å²) in [6.45, 7) is 0.601. The lowest BCUT2D eigenvalue weighted by molar-refractivity contribution is -0.117. The smallest absolute Gasteiger partial charge is 0.174 e. The minimum Gasteiger partial charge on any atom is -0.296 e. The van der Waals surface area contributed by atoms with Gasteiger partial charge in [0.25, 0.3) is 0 Å². The topological polar surface area (TPSA) is 32.7 Å². The maximum atomic E-state index is 11.1. The van der Waals surface area contributed by atoms with Crippen LogP contribution < -0.4 is 0 Å². The Morgan fingerprint density at radius 1 is 1.31 bits per heavy atom. The Morgan fingerprint density at radius 3 is 2.75 bits per heavy atom. The largest absolute Gasteiger partial charge is 0.296 e. The quantitative estimate of drug-likeness (QED) is 0.676. The summed E-state index contributed by atoms with van der Waals surface area (Å²) in [5.41, 5.74) is 0.912. The van der Waals surface area contributed by atoms with E-state index >= 15 is 0 Å². The van der Waals surface area contributed by atoms with Crippen LogP contribution in [0, 0.1) is 12.0 Å². The number of halogens is 1. The molecule has 2 rings (SSSR count). The fourth-order valence-corrected chi connectivity index (χ4v) is 1.52. The molecule has 0 spiro atoms. The lowest BCUT2D eigenvalue weighted by Gasteiger charge is -2.13. The molecule has 1 aromatic rings. The van der Waals surface area contributed by atoms with Crippen molar-refractivity contribution in [3.8, 4) is 12.0 Å². The van der Waals surface area contributed by atoms with Crippen molar-refractivity contribution in [3.63, 3.8) is 0 Å². The van der Waals surface area contributed by atoms with Crippen LogP contribution in [0.5, 0.6) is 0 Å². The lowest BCUT2D eigenvalue weighted by atomic mass is 10.2. The van der Waals surface area contributed by atoms with Crippen LogP contribution >= 0.6 is 15.9 Å². The van der Waals surface area contributed by atoms with Crippen LogP contribution in [-0.2, 0) is 4.79 Å². The average molecular weight is 277 g/mol. The average Bonchev–Trinajstić information content (AvgIpc) is 2.28. The van der Waals surface area contributed by atoms with Crippen molar-refractivity contribution >= 4 is 28.1 Å². The van der Waals surface area contributed by atoms with Gasteiger partial charge in [0.15, 0.2) is 5.78 Å². The Balaban J connectivity index is 2.09. The molecule has 0 saturated carbocycles. The van der Waals surface area contributed by atoms with Crippen LogP contribution in [-0.4, -0.2) is 30.1 Å². The molecule has 0 radical (unpaired) electrons. The van der Waals surface area contributed by atoms with Gasteiger partial charge in [-0.2, -0.15) is 0 Å². The number of carbonyl (C=O) groups is 1. The van der Waals surface area contributed by atoms with Crippen LogP contribution in [0.15, 0.2) is 33.7 Å². The van der Waals surface area contributed by atoms with E-state index in [4.69, 9.17) is 0 Å². The van der Waals surface area contributed by atoms with Gasteiger partial charge in [0.05, 0.1) is 12.9 Å². The second-order valence-corrected chi connectivity index (χ2v) is 4.28. The molecule has 3 nitrogen and oxygen atoms in total. The standard InChI is InChI=1S/C12H9BrN2O/c13-11-3-1-10(2-4-11)5-6-15-8-12(16)7-14-9-15/h1-4,9H,7-8H2. The van der Waals surface area contributed by atoms with E-state index < -0.39 is 0 Å². The van der Waals surface area contributed by atoms with Crippen molar-refractivity contribution in [2.75, 3.05) is 13.1 Å². The molecule has 1 aromatic carbocycles. The molecule has 1 heterocycles. The van der Waals surface area contributed by atoms with Crippen molar-refractivity contribution in [1.82, 2.24) is 4.90 Å². The zero-order chi connectivity index (χ0) is 11.4. The second-order valence-electron chi connectivity index (χ2n) is 3.37. The van der Waals surface area contributed by atoms with Crippen molar-refractivity contribution < 1.29 is 4.79 Å². The molecule has 1 aliphatic heterocycles. The maximum absolute atomic E-state index is 11.1. The Hall–Kier alpha value is -1.60. The van der Waals surface area contributed by atoms with Gasteiger partial charge < -0.3 is 0 Å². The fraction of sp³-hybridized carbons (Fsp3) is 0.167. The van der Waals surface area contributed by atoms with Crippen LogP contribution in [0.3, 0.4) is 0 Å². The molecule has 0 fully saturated rings. The molecule has 0 atom stereocenters. The zero-order valence-corrected chi connectivity index (χ0v) is 10.1. The van der Waals surface area contributed by atoms with E-state index in [-0.39, 0.29) is 12.3 Å². The van der Waals surface area contributed by atoms with Crippen molar-refractivity contribution in [3.05, 3.63) is 34.3 Å². The molecule has 0 aromatic heterocycles. The number of ketones is 1. The summed E-state index contributed by atoms with van der Waals surface area (Å²) in [5, 5.41) is 0. The predicted molar refractivity (Wildman–Crippen MR) is 66.1 cm³/mol. The van der Waals surface area contributed by atoms with Crippen molar-refractivity contribution in [2.24, 2.45) is 4.99 Å². The van der Waals surface area contributed by atoms with Gasteiger partial charge in [0, 0.05) is 16.1 Å². The van der Waals surface area contributed by atoms with Gasteiger partial charge >= 0.3 is 0 Å². The van der Waals surface area contributed by atoms with E-state index in [1.807, 2.05) is 24.3 Å². The summed E-state index contributed by atoms with van der Waals surface area (Å²) in [6, 6.07) is 10.6. The van der Waals surface area contributed by atoms with Gasteiger partial charge in [-0.15, -0.1) is 0 Å². The van der Waals surface area contributed by atoms with E-state index in [1.54, 1.807) is 11.2 Å². The normalized spacial score (nSPS) is 14.6. The Bertz CT molecular complexity index is 482. The summed E-state index contributed by atoms with van der Waals surface area (Å²) in [5.74, 6) is 3.06. The number of aliphatic imine (C=N–C) groups is 1. The van der Waals surface area contributed by atoms with Crippen molar-refractivity contribution in [1.29, 1.82) is 0 Å². The van der Waals surface area contributed by atoms with Crippen LogP contribution in [0.2, 0.25) is 0 Å². The SMILES string of the molecule is O=C1CN=CN(C#Cc2ccc(Br)cc2)C1. The van der Waals surface area contributed by atoms with Gasteiger partial charge in [-0.25, -0.2) is 0 Å². The number of nitrogens with zero attached hydrogens (tertiary/aromatic N) is 2. The third-order valence-electron chi connectivity index (χ3n) is 2.02. The molecular weight excluding hydrogens is 268 g/mol. The van der Waals surface area contributed by atoms with Crippen molar-refractivity contribution in [2.45, 2.75) is 0 Å². The van der Waals surface area contributed by atoms with E-state index in [0.29, 0.717) is 6.54 Å². The molecule has 0 unspecified atom stereocenters. The number of carbonyl (C=O) groups excluding carboxylic acids is 1. The Morgan fingerprint density at radius 2 is 2.06 bits per heavy atom. The first-order valence-corrected chi connectivity index (χ1v) is 5.59. The molecular formula is C12H9BrN2O. The molecule has 0 saturated heterocycles. The Labute approximate surface area is 102 Å². The fourth-order valence-electron chi connectivity index (χ4n) is 1.26. The number of hydrogen-bond acceptors (Lipinski definition) is 3. The first-order valence-electron chi connectivity index (χ1n) is 4.79. The van der Waals surface area contributed by atoms with E-state index in [2.05, 4.69) is 32.9 Å². The molecule has 0 bridgehead atoms. The monoisotopic (exact) mass is 276 g/mol. The number of benzene rings is 1. The summed E-state index contributed by atoms with van der Waals surface area (Å²) >= 11 is 3.36. The van der Waals surface area contributed by atoms with Crippen LogP contribution in [0.1, 0.15) is 5.56 Å². The van der Waals surface area contributed by atoms with E-state index in [9.17, 15) is 4.79 Å². The van der Waals surface area contributed by atoms with E-state index in [1.165, 1.54) is 0 Å². The molecule has 4 heteroatoms. The number of Topliss-reactive ketones (excluding diaryl/α,β-unsaturated/α-hetero) is 1. The molecule has 16 heavy (non-hydrogen) atoms. The number of hydrogen-bond donors (Lipinski definition) is 0. The number of rotatable bonds is 0. The molecule has 0 aliphatic carbocycles. The summed E-state index contributed by atoms with van der Waals surface area (Å²) in [7, 11) is 0. The highest BCUT2D eigenvalue weighted by molar-refractivity contribution is 9.10. The first kappa shape index (κ1) is 10.9. The summed E-state index contributed by atoms with van der Waals surface area (Å²) in [4.78, 5) is 16.6. The van der Waals surface area contributed by atoms with Gasteiger partial charge in [-0.05, 0) is 30.2 Å². The third kappa shape index (κ3) is 2.94. The highest BCUT2D eigenvalue weighted by Crippen LogP contribution is 2.09. The van der Waals surface area contributed by atoms with Crippen LogP contribution in [0.4, 0.5) is 0 Å². The second kappa shape index (κ2) is 4.95. The Kier molecular flexibility index (Phi) is 3.37. The summed E-state index contributed by atoms with van der Waals surface area (Å²) < 4.78 is 1.02. The highest BCUT2D eigenvalue weighted by atomic mass is 79.9. The zero-order valence-electron chi connectivity index (χ0n) is 8.48. The molecule has 1 aliphatic rings.